The molecule has 2 heterocycles. The van der Waals surface area contributed by atoms with E-state index in [0.717, 1.165) is 59.0 Å². The fraction of sp³-hybridized carbons (Fsp3) is 1.00. The van der Waals surface area contributed by atoms with Gasteiger partial charge in [-0.15, -0.1) is 0 Å². The van der Waals surface area contributed by atoms with Crippen molar-refractivity contribution in [2.75, 3.05) is 71.3 Å². The van der Waals surface area contributed by atoms with Gasteiger partial charge in [-0.25, -0.2) is 0 Å². The number of hydrogen-bond acceptors (Lipinski definition) is 7. The third-order valence-electron chi connectivity index (χ3n) is 3.26. The minimum atomic E-state index is -3.79. The zero-order valence-corrected chi connectivity index (χ0v) is 13.6. The van der Waals surface area contributed by atoms with Gasteiger partial charge in [0, 0.05) is 58.9 Å². The summed E-state index contributed by atoms with van der Waals surface area (Å²) in [5, 5.41) is 8.42. The summed E-state index contributed by atoms with van der Waals surface area (Å²) in [6.45, 7) is 10.9. The predicted octanol–water partition coefficient (Wildman–Crippen LogP) is -1.38. The molecule has 126 valence electrons. The van der Waals surface area contributed by atoms with Gasteiger partial charge >= 0.3 is 0 Å². The second-order valence-electron chi connectivity index (χ2n) is 4.97. The van der Waals surface area contributed by atoms with E-state index in [1.807, 2.05) is 16.9 Å². The van der Waals surface area contributed by atoms with Crippen molar-refractivity contribution in [3.8, 4) is 0 Å². The van der Waals surface area contributed by atoms with E-state index in [2.05, 4.69) is 10.6 Å². The molecule has 0 aromatic carbocycles. The fourth-order valence-electron chi connectivity index (χ4n) is 2.14. The van der Waals surface area contributed by atoms with Crippen LogP contribution in [0.4, 0.5) is 0 Å². The van der Waals surface area contributed by atoms with Crippen molar-refractivity contribution in [3.63, 3.8) is 0 Å². The van der Waals surface area contributed by atoms with Crippen LogP contribution in [-0.4, -0.2) is 94.2 Å². The van der Waals surface area contributed by atoms with Crippen molar-refractivity contribution >= 4 is 10.1 Å². The molecule has 0 aromatic rings. The summed E-state index contributed by atoms with van der Waals surface area (Å²) in [7, 11) is -3.79. The molecule has 0 amide bonds. The van der Waals surface area contributed by atoms with Gasteiger partial charge in [0.15, 0.2) is 0 Å². The highest BCUT2D eigenvalue weighted by Gasteiger charge is 2.12. The Kier molecular flexibility index (Phi) is 9.32. The molecule has 2 aliphatic heterocycles. The average Bonchev–Trinajstić information content (AvgIpc) is 2.48. The molecule has 0 aliphatic carbocycles. The van der Waals surface area contributed by atoms with Gasteiger partial charge in [0.2, 0.25) is 0 Å². The standard InChI is InChI=1S/C6H14N2O3S.C6H14N2O/c9-12(10,11)6-5-8-3-1-7-2-4-8;1-2-9-8-5-3-7-4-6-8/h7H,1-6H2,(H,9,10,11);7H,2-6H2,1H3. The Morgan fingerprint density at radius 1 is 1.05 bits per heavy atom. The maximum absolute atomic E-state index is 10.4. The maximum atomic E-state index is 10.4. The van der Waals surface area contributed by atoms with Gasteiger partial charge in [0.25, 0.3) is 10.1 Å². The number of piperazine rings is 2. The molecule has 0 radical (unpaired) electrons. The van der Waals surface area contributed by atoms with Crippen molar-refractivity contribution < 1.29 is 17.8 Å². The molecule has 21 heavy (non-hydrogen) atoms. The number of rotatable bonds is 5. The van der Waals surface area contributed by atoms with Crippen molar-refractivity contribution in [2.45, 2.75) is 6.92 Å². The molecular formula is C12H28N4O4S. The first-order chi connectivity index (χ1) is 10.0. The second kappa shape index (κ2) is 10.4. The molecule has 0 unspecified atom stereocenters. The van der Waals surface area contributed by atoms with Gasteiger partial charge in [-0.1, -0.05) is 0 Å². The Bertz CT molecular complexity index is 352. The van der Waals surface area contributed by atoms with Crippen LogP contribution in [0.25, 0.3) is 0 Å². The molecule has 2 saturated heterocycles. The van der Waals surface area contributed by atoms with Crippen LogP contribution >= 0.6 is 0 Å². The van der Waals surface area contributed by atoms with Crippen molar-refractivity contribution in [2.24, 2.45) is 0 Å². The normalized spacial score (nSPS) is 21.6. The van der Waals surface area contributed by atoms with Crippen molar-refractivity contribution in [3.05, 3.63) is 0 Å². The Labute approximate surface area is 127 Å². The van der Waals surface area contributed by atoms with E-state index >= 15 is 0 Å². The van der Waals surface area contributed by atoms with Gasteiger partial charge in [0.1, 0.15) is 0 Å². The first kappa shape index (κ1) is 18.8. The lowest BCUT2D eigenvalue weighted by Crippen LogP contribution is -2.45. The van der Waals surface area contributed by atoms with Crippen LogP contribution in [0.15, 0.2) is 0 Å². The highest BCUT2D eigenvalue weighted by molar-refractivity contribution is 7.85. The van der Waals surface area contributed by atoms with E-state index < -0.39 is 10.1 Å². The van der Waals surface area contributed by atoms with Crippen LogP contribution in [0.3, 0.4) is 0 Å². The Hall–Kier alpha value is -0.290. The monoisotopic (exact) mass is 324 g/mol. The zero-order chi connectivity index (χ0) is 15.6. The summed E-state index contributed by atoms with van der Waals surface area (Å²) in [6.07, 6.45) is 0. The SMILES string of the molecule is CCON1CCNCC1.O=S(=O)(O)CCN1CCNCC1. The number of nitrogens with zero attached hydrogens (tertiary/aromatic N) is 2. The minimum absolute atomic E-state index is 0.160. The van der Waals surface area contributed by atoms with Gasteiger partial charge in [-0.3, -0.25) is 14.3 Å². The van der Waals surface area contributed by atoms with Crippen LogP contribution in [0.2, 0.25) is 0 Å². The molecule has 2 fully saturated rings. The molecule has 2 rings (SSSR count). The largest absolute Gasteiger partial charge is 0.314 e. The number of hydrogen-bond donors (Lipinski definition) is 3. The number of nitrogens with one attached hydrogen (secondary N) is 2. The molecular weight excluding hydrogens is 296 g/mol. The Balaban J connectivity index is 0.000000219. The van der Waals surface area contributed by atoms with Crippen molar-refractivity contribution in [1.29, 1.82) is 0 Å². The summed E-state index contributed by atoms with van der Waals surface area (Å²) < 4.78 is 29.3. The summed E-state index contributed by atoms with van der Waals surface area (Å²) in [6, 6.07) is 0. The van der Waals surface area contributed by atoms with Gasteiger partial charge in [0.05, 0.1) is 12.4 Å². The molecule has 9 heteroatoms. The fourth-order valence-corrected chi connectivity index (χ4v) is 2.62. The minimum Gasteiger partial charge on any atom is -0.314 e. The van der Waals surface area contributed by atoms with Gasteiger partial charge < -0.3 is 10.6 Å². The van der Waals surface area contributed by atoms with E-state index in [0.29, 0.717) is 6.54 Å². The molecule has 0 aromatic heterocycles. The molecule has 2 aliphatic rings. The number of hydroxylamine groups is 2. The van der Waals surface area contributed by atoms with Crippen molar-refractivity contribution in [1.82, 2.24) is 20.6 Å². The lowest BCUT2D eigenvalue weighted by molar-refractivity contribution is -0.159. The first-order valence-electron chi connectivity index (χ1n) is 7.48. The predicted molar refractivity (Wildman–Crippen MR) is 81.8 cm³/mol. The van der Waals surface area contributed by atoms with E-state index in [4.69, 9.17) is 9.39 Å². The molecule has 8 nitrogen and oxygen atoms in total. The smallest absolute Gasteiger partial charge is 0.266 e. The maximum Gasteiger partial charge on any atom is 0.266 e. The van der Waals surface area contributed by atoms with E-state index in [-0.39, 0.29) is 5.75 Å². The highest BCUT2D eigenvalue weighted by Crippen LogP contribution is 1.93. The van der Waals surface area contributed by atoms with E-state index in [1.165, 1.54) is 0 Å². The molecule has 0 saturated carbocycles. The Morgan fingerprint density at radius 2 is 1.57 bits per heavy atom. The average molecular weight is 324 g/mol. The van der Waals surface area contributed by atoms with E-state index in [9.17, 15) is 8.42 Å². The lowest BCUT2D eigenvalue weighted by Gasteiger charge is -2.26. The summed E-state index contributed by atoms with van der Waals surface area (Å²) in [4.78, 5) is 7.29. The third-order valence-corrected chi connectivity index (χ3v) is 3.96. The molecule has 0 atom stereocenters. The lowest BCUT2D eigenvalue weighted by atomic mass is 10.4. The van der Waals surface area contributed by atoms with Crippen LogP contribution in [0.1, 0.15) is 6.92 Å². The topological polar surface area (TPSA) is 94.1 Å². The molecule has 0 bridgehead atoms. The zero-order valence-electron chi connectivity index (χ0n) is 12.8. The van der Waals surface area contributed by atoms with Crippen LogP contribution in [-0.2, 0) is 15.0 Å². The third kappa shape index (κ3) is 10.1. The highest BCUT2D eigenvalue weighted by atomic mass is 32.2. The quantitative estimate of drug-likeness (QED) is 0.533. The first-order valence-corrected chi connectivity index (χ1v) is 9.09. The summed E-state index contributed by atoms with van der Waals surface area (Å²) in [5.74, 6) is -0.160. The van der Waals surface area contributed by atoms with Gasteiger partial charge in [-0.2, -0.15) is 13.5 Å². The van der Waals surface area contributed by atoms with E-state index in [1.54, 1.807) is 0 Å². The van der Waals surface area contributed by atoms with Crippen LogP contribution in [0, 0.1) is 0 Å². The van der Waals surface area contributed by atoms with Crippen LogP contribution < -0.4 is 10.6 Å². The van der Waals surface area contributed by atoms with Gasteiger partial charge in [-0.05, 0) is 6.92 Å². The van der Waals surface area contributed by atoms with Crippen LogP contribution in [0.5, 0.6) is 0 Å². The molecule has 3 N–H and O–H groups in total. The second-order valence-corrected chi connectivity index (χ2v) is 6.55. The summed E-state index contributed by atoms with van der Waals surface area (Å²) in [5.41, 5.74) is 0. The molecule has 0 spiro atoms. The Morgan fingerprint density at radius 3 is 2.05 bits per heavy atom. The summed E-state index contributed by atoms with van der Waals surface area (Å²) >= 11 is 0.